The van der Waals surface area contributed by atoms with Crippen molar-refractivity contribution in [3.63, 3.8) is 0 Å². The van der Waals surface area contributed by atoms with Gasteiger partial charge in [0, 0.05) is 10.6 Å². The van der Waals surface area contributed by atoms with Crippen LogP contribution >= 0.6 is 11.8 Å². The maximum Gasteiger partial charge on any atom is 0.253 e. The third kappa shape index (κ3) is 5.69. The van der Waals surface area contributed by atoms with Gasteiger partial charge in [-0.25, -0.2) is 5.43 Å². The van der Waals surface area contributed by atoms with E-state index in [1.807, 2.05) is 37.3 Å². The lowest BCUT2D eigenvalue weighted by Gasteiger charge is -2.34. The van der Waals surface area contributed by atoms with Gasteiger partial charge in [-0.3, -0.25) is 4.79 Å². The van der Waals surface area contributed by atoms with Crippen molar-refractivity contribution in [3.05, 3.63) is 30.3 Å². The summed E-state index contributed by atoms with van der Waals surface area (Å²) in [5.41, 5.74) is 4.26. The number of hydrogen-bond acceptors (Lipinski definition) is 3. The summed E-state index contributed by atoms with van der Waals surface area (Å²) in [4.78, 5) is 13.3. The van der Waals surface area contributed by atoms with Crippen LogP contribution < -0.4 is 5.43 Å². The van der Waals surface area contributed by atoms with Crippen molar-refractivity contribution in [2.75, 3.05) is 0 Å². The van der Waals surface area contributed by atoms with Crippen LogP contribution in [0.2, 0.25) is 0 Å². The Labute approximate surface area is 144 Å². The molecule has 2 rings (SSSR count). The maximum atomic E-state index is 12.2. The number of hydrogen-bond donors (Lipinski definition) is 1. The van der Waals surface area contributed by atoms with Gasteiger partial charge < -0.3 is 0 Å². The zero-order chi connectivity index (χ0) is 16.9. The van der Waals surface area contributed by atoms with E-state index in [2.05, 4.69) is 31.3 Å². The maximum absolute atomic E-state index is 12.2. The predicted molar refractivity (Wildman–Crippen MR) is 98.8 cm³/mol. The lowest BCUT2D eigenvalue weighted by atomic mass is 9.72. The molecule has 4 heteroatoms. The van der Waals surface area contributed by atoms with Crippen LogP contribution in [-0.2, 0) is 4.79 Å². The summed E-state index contributed by atoms with van der Waals surface area (Å²) in [6.07, 6.45) is 4.35. The molecular formula is C19H28N2OS. The monoisotopic (exact) mass is 332 g/mol. The quantitative estimate of drug-likeness (QED) is 0.631. The molecule has 1 saturated carbocycles. The molecule has 0 saturated heterocycles. The van der Waals surface area contributed by atoms with Crippen LogP contribution in [0.25, 0.3) is 0 Å². The highest BCUT2D eigenvalue weighted by molar-refractivity contribution is 8.00. The van der Waals surface area contributed by atoms with Crippen LogP contribution in [-0.4, -0.2) is 16.9 Å². The number of thioether (sulfide) groups is 1. The molecule has 126 valence electrons. The van der Waals surface area contributed by atoms with Crippen molar-refractivity contribution in [1.82, 2.24) is 5.43 Å². The number of nitrogens with one attached hydrogen (secondary N) is 1. The average molecular weight is 333 g/mol. The molecule has 1 amide bonds. The first-order valence-corrected chi connectivity index (χ1v) is 9.31. The molecule has 23 heavy (non-hydrogen) atoms. The molecule has 1 aromatic carbocycles. The summed E-state index contributed by atoms with van der Waals surface area (Å²) in [6, 6.07) is 10.00. The van der Waals surface area contributed by atoms with Crippen LogP contribution in [0, 0.1) is 11.3 Å². The highest BCUT2D eigenvalue weighted by Crippen LogP contribution is 2.36. The summed E-state index contributed by atoms with van der Waals surface area (Å²) < 4.78 is 0. The standard InChI is InChI=1S/C19H28N2OS/c1-14(23-17-8-6-5-7-9-17)18(22)21-20-16-12-10-15(11-13-16)19(2,3)4/h5-9,14-15H,10-13H2,1-4H3,(H,21,22)/t14-,15?/m1/s1. The Morgan fingerprint density at radius 1 is 1.22 bits per heavy atom. The lowest BCUT2D eigenvalue weighted by molar-refractivity contribution is -0.120. The number of benzene rings is 1. The molecule has 0 radical (unpaired) electrons. The lowest BCUT2D eigenvalue weighted by Crippen LogP contribution is -2.30. The summed E-state index contributed by atoms with van der Waals surface area (Å²) in [5.74, 6) is 0.731. The first-order valence-electron chi connectivity index (χ1n) is 8.43. The van der Waals surface area contributed by atoms with E-state index < -0.39 is 0 Å². The number of nitrogens with zero attached hydrogens (tertiary/aromatic N) is 1. The van der Waals surface area contributed by atoms with E-state index in [1.165, 1.54) is 12.8 Å². The van der Waals surface area contributed by atoms with Crippen molar-refractivity contribution >= 4 is 23.4 Å². The normalized spacial score (nSPS) is 20.0. The van der Waals surface area contributed by atoms with Gasteiger partial charge >= 0.3 is 0 Å². The van der Waals surface area contributed by atoms with E-state index in [0.29, 0.717) is 5.41 Å². The molecule has 1 N–H and O–H groups in total. The van der Waals surface area contributed by atoms with E-state index in [-0.39, 0.29) is 11.2 Å². The fourth-order valence-electron chi connectivity index (χ4n) is 2.91. The van der Waals surface area contributed by atoms with Gasteiger partial charge in [0.05, 0.1) is 5.25 Å². The zero-order valence-electron chi connectivity index (χ0n) is 14.6. The highest BCUT2D eigenvalue weighted by Gasteiger charge is 2.28. The molecule has 1 aliphatic carbocycles. The Morgan fingerprint density at radius 2 is 1.83 bits per heavy atom. The third-order valence-electron chi connectivity index (χ3n) is 4.54. The predicted octanol–water partition coefficient (Wildman–Crippen LogP) is 4.88. The van der Waals surface area contributed by atoms with Crippen LogP contribution in [0.15, 0.2) is 40.3 Å². The van der Waals surface area contributed by atoms with Gasteiger partial charge in [-0.1, -0.05) is 39.0 Å². The Kier molecular flexibility index (Phi) is 6.28. The Morgan fingerprint density at radius 3 is 2.39 bits per heavy atom. The summed E-state index contributed by atoms with van der Waals surface area (Å²) in [6.45, 7) is 8.85. The molecule has 3 nitrogen and oxygen atoms in total. The summed E-state index contributed by atoms with van der Waals surface area (Å²) in [5, 5.41) is 4.22. The number of carbonyl (C=O) groups is 1. The molecule has 1 aliphatic rings. The van der Waals surface area contributed by atoms with E-state index in [4.69, 9.17) is 0 Å². The van der Waals surface area contributed by atoms with E-state index in [1.54, 1.807) is 11.8 Å². The third-order valence-corrected chi connectivity index (χ3v) is 5.65. The van der Waals surface area contributed by atoms with E-state index >= 15 is 0 Å². The summed E-state index contributed by atoms with van der Waals surface area (Å²) in [7, 11) is 0. The molecule has 1 fully saturated rings. The zero-order valence-corrected chi connectivity index (χ0v) is 15.5. The van der Waals surface area contributed by atoms with Crippen molar-refractivity contribution in [2.24, 2.45) is 16.4 Å². The van der Waals surface area contributed by atoms with Crippen LogP contribution in [0.1, 0.15) is 53.4 Å². The average Bonchev–Trinajstić information content (AvgIpc) is 2.53. The van der Waals surface area contributed by atoms with Crippen LogP contribution in [0.5, 0.6) is 0 Å². The van der Waals surface area contributed by atoms with Gasteiger partial charge in [-0.05, 0) is 56.1 Å². The second-order valence-corrected chi connectivity index (χ2v) is 8.78. The molecule has 0 aliphatic heterocycles. The van der Waals surface area contributed by atoms with Gasteiger partial charge in [-0.2, -0.15) is 5.10 Å². The molecule has 0 unspecified atom stereocenters. The Hall–Kier alpha value is -1.29. The molecular weight excluding hydrogens is 304 g/mol. The van der Waals surface area contributed by atoms with Gasteiger partial charge in [0.1, 0.15) is 0 Å². The molecule has 0 spiro atoms. The number of hydrazone groups is 1. The number of rotatable bonds is 4. The first-order chi connectivity index (χ1) is 10.9. The van der Waals surface area contributed by atoms with Crippen molar-refractivity contribution in [2.45, 2.75) is 63.5 Å². The fourth-order valence-corrected chi connectivity index (χ4v) is 3.79. The van der Waals surface area contributed by atoms with Gasteiger partial charge in [0.15, 0.2) is 0 Å². The number of amides is 1. The largest absolute Gasteiger partial charge is 0.272 e. The minimum absolute atomic E-state index is 0.0238. The molecule has 1 atom stereocenters. The topological polar surface area (TPSA) is 41.5 Å². The molecule has 1 aromatic rings. The van der Waals surface area contributed by atoms with E-state index in [9.17, 15) is 4.79 Å². The Balaban J connectivity index is 1.80. The molecule has 0 heterocycles. The molecule has 0 aromatic heterocycles. The van der Waals surface area contributed by atoms with Gasteiger partial charge in [0.25, 0.3) is 5.91 Å². The van der Waals surface area contributed by atoms with Crippen LogP contribution in [0.3, 0.4) is 0 Å². The number of carbonyl (C=O) groups excluding carboxylic acids is 1. The van der Waals surface area contributed by atoms with Crippen LogP contribution in [0.4, 0.5) is 0 Å². The van der Waals surface area contributed by atoms with Gasteiger partial charge in [0.2, 0.25) is 0 Å². The van der Waals surface area contributed by atoms with E-state index in [0.717, 1.165) is 29.4 Å². The smallest absolute Gasteiger partial charge is 0.253 e. The molecule has 0 bridgehead atoms. The van der Waals surface area contributed by atoms with Crippen molar-refractivity contribution in [1.29, 1.82) is 0 Å². The van der Waals surface area contributed by atoms with Crippen molar-refractivity contribution in [3.8, 4) is 0 Å². The first kappa shape index (κ1) is 18.1. The van der Waals surface area contributed by atoms with Crippen molar-refractivity contribution < 1.29 is 4.79 Å². The second kappa shape index (κ2) is 8.00. The fraction of sp³-hybridized carbons (Fsp3) is 0.579. The SMILES string of the molecule is C[C@@H](Sc1ccccc1)C(=O)NN=C1CCC(C(C)(C)C)CC1. The second-order valence-electron chi connectivity index (χ2n) is 7.37. The van der Waals surface area contributed by atoms with Gasteiger partial charge in [-0.15, -0.1) is 11.8 Å². The minimum atomic E-state index is -0.146. The Bertz CT molecular complexity index is 538. The minimum Gasteiger partial charge on any atom is -0.272 e. The summed E-state index contributed by atoms with van der Waals surface area (Å²) >= 11 is 1.56. The highest BCUT2D eigenvalue weighted by atomic mass is 32.2.